The summed E-state index contributed by atoms with van der Waals surface area (Å²) in [5.74, 6) is 0. The monoisotopic (exact) mass is 408 g/mol. The Balaban J connectivity index is 1.29. The van der Waals surface area contributed by atoms with Crippen molar-refractivity contribution in [2.45, 2.75) is 38.6 Å². The molecule has 0 amide bonds. The Morgan fingerprint density at radius 2 is 1.79 bits per heavy atom. The van der Waals surface area contributed by atoms with Crippen LogP contribution in [0.3, 0.4) is 0 Å². The van der Waals surface area contributed by atoms with E-state index in [9.17, 15) is 4.79 Å². The number of nitrogens with one attached hydrogen (secondary N) is 2. The quantitative estimate of drug-likeness (QED) is 0.633. The number of aryl methyl sites for hydroxylation is 1. The van der Waals surface area contributed by atoms with Crippen LogP contribution in [0.4, 0.5) is 0 Å². The number of hydrogen-bond donors (Lipinski definition) is 2. The average Bonchev–Trinajstić information content (AvgIpc) is 3.10. The standard InChI is InChI=1S/C23H28N4OS/c1-2-17-7-9-18(10-8-17)11-14-24-23(29)26-15-12-19(13-16-26)27-21-6-4-3-5-20(21)25-22(27)28/h3-10,19H,2,11-16H2,1H3,(H,24,29)(H,25,28). The Kier molecular flexibility index (Phi) is 6.00. The number of fused-ring (bicyclic) bond motifs is 1. The second-order valence-electron chi connectivity index (χ2n) is 7.69. The second-order valence-corrected chi connectivity index (χ2v) is 8.07. The van der Waals surface area contributed by atoms with Gasteiger partial charge in [0, 0.05) is 25.7 Å². The molecule has 0 atom stereocenters. The molecule has 1 saturated heterocycles. The molecule has 5 nitrogen and oxygen atoms in total. The van der Waals surface area contributed by atoms with Crippen LogP contribution in [-0.2, 0) is 12.8 Å². The smallest absolute Gasteiger partial charge is 0.326 e. The first-order valence-corrected chi connectivity index (χ1v) is 10.9. The van der Waals surface area contributed by atoms with Crippen molar-refractivity contribution in [2.24, 2.45) is 0 Å². The van der Waals surface area contributed by atoms with E-state index in [1.54, 1.807) is 0 Å². The predicted octanol–water partition coefficient (Wildman–Crippen LogP) is 3.65. The third kappa shape index (κ3) is 4.37. The van der Waals surface area contributed by atoms with E-state index in [1.807, 2.05) is 28.8 Å². The lowest BCUT2D eigenvalue weighted by molar-refractivity contribution is 0.265. The number of thiocarbonyl (C=S) groups is 1. The molecule has 0 saturated carbocycles. The Morgan fingerprint density at radius 1 is 1.10 bits per heavy atom. The molecule has 0 unspecified atom stereocenters. The van der Waals surface area contributed by atoms with Crippen LogP contribution in [-0.4, -0.2) is 39.2 Å². The van der Waals surface area contributed by atoms with Gasteiger partial charge < -0.3 is 15.2 Å². The number of likely N-dealkylation sites (tertiary alicyclic amines) is 1. The molecule has 0 spiro atoms. The molecular weight excluding hydrogens is 380 g/mol. The first kappa shape index (κ1) is 19.7. The minimum atomic E-state index is -0.0144. The zero-order valence-corrected chi connectivity index (χ0v) is 17.7. The highest BCUT2D eigenvalue weighted by Gasteiger charge is 2.24. The van der Waals surface area contributed by atoms with E-state index < -0.39 is 0 Å². The molecule has 0 bridgehead atoms. The van der Waals surface area contributed by atoms with Crippen molar-refractivity contribution >= 4 is 28.4 Å². The summed E-state index contributed by atoms with van der Waals surface area (Å²) >= 11 is 5.61. The van der Waals surface area contributed by atoms with Crippen molar-refractivity contribution in [2.75, 3.05) is 19.6 Å². The molecule has 4 rings (SSSR count). The van der Waals surface area contributed by atoms with Gasteiger partial charge in [-0.15, -0.1) is 0 Å². The molecule has 3 aromatic rings. The molecular formula is C23H28N4OS. The Labute approximate surface area is 176 Å². The summed E-state index contributed by atoms with van der Waals surface area (Å²) in [4.78, 5) is 17.6. The van der Waals surface area contributed by atoms with E-state index >= 15 is 0 Å². The third-order valence-electron chi connectivity index (χ3n) is 5.86. The van der Waals surface area contributed by atoms with Gasteiger partial charge in [0.05, 0.1) is 11.0 Å². The van der Waals surface area contributed by atoms with Crippen LogP contribution in [0.5, 0.6) is 0 Å². The van der Waals surface area contributed by atoms with Crippen molar-refractivity contribution in [3.8, 4) is 0 Å². The van der Waals surface area contributed by atoms with Gasteiger partial charge in [-0.3, -0.25) is 4.57 Å². The lowest BCUT2D eigenvalue weighted by Crippen LogP contribution is -2.45. The molecule has 2 heterocycles. The van der Waals surface area contributed by atoms with Crippen molar-refractivity contribution in [1.82, 2.24) is 19.8 Å². The van der Waals surface area contributed by atoms with Crippen molar-refractivity contribution in [1.29, 1.82) is 0 Å². The van der Waals surface area contributed by atoms with E-state index in [-0.39, 0.29) is 11.7 Å². The number of H-pyrrole nitrogens is 1. The Hall–Kier alpha value is -2.60. The van der Waals surface area contributed by atoms with Gasteiger partial charge in [0.15, 0.2) is 5.11 Å². The van der Waals surface area contributed by atoms with Crippen molar-refractivity contribution < 1.29 is 0 Å². The largest absolute Gasteiger partial charge is 0.362 e. The van der Waals surface area contributed by atoms with Crippen LogP contribution in [0, 0.1) is 0 Å². The summed E-state index contributed by atoms with van der Waals surface area (Å²) in [5.41, 5.74) is 4.58. The number of para-hydroxylation sites is 2. The highest BCUT2D eigenvalue weighted by Crippen LogP contribution is 2.24. The van der Waals surface area contributed by atoms with E-state index in [0.29, 0.717) is 0 Å². The molecule has 1 aliphatic heterocycles. The second kappa shape index (κ2) is 8.82. The molecule has 2 N–H and O–H groups in total. The predicted molar refractivity (Wildman–Crippen MR) is 123 cm³/mol. The van der Waals surface area contributed by atoms with Gasteiger partial charge in [0.1, 0.15) is 0 Å². The minimum Gasteiger partial charge on any atom is -0.362 e. The number of imidazole rings is 1. The third-order valence-corrected chi connectivity index (χ3v) is 6.26. The van der Waals surface area contributed by atoms with Gasteiger partial charge in [-0.05, 0) is 61.2 Å². The summed E-state index contributed by atoms with van der Waals surface area (Å²) in [6.45, 7) is 4.75. The zero-order chi connectivity index (χ0) is 20.2. The van der Waals surface area contributed by atoms with Gasteiger partial charge in [0.2, 0.25) is 0 Å². The maximum atomic E-state index is 12.4. The number of hydrogen-bond acceptors (Lipinski definition) is 2. The number of aromatic nitrogens is 2. The van der Waals surface area contributed by atoms with Crippen molar-refractivity contribution in [3.63, 3.8) is 0 Å². The van der Waals surface area contributed by atoms with Gasteiger partial charge in [-0.25, -0.2) is 4.79 Å². The van der Waals surface area contributed by atoms with E-state index in [0.717, 1.165) is 61.5 Å². The van der Waals surface area contributed by atoms with Gasteiger partial charge in [-0.2, -0.15) is 0 Å². The fourth-order valence-electron chi connectivity index (χ4n) is 4.13. The summed E-state index contributed by atoms with van der Waals surface area (Å²) in [5, 5.41) is 4.22. The topological polar surface area (TPSA) is 53.1 Å². The first-order valence-electron chi connectivity index (χ1n) is 10.5. The number of nitrogens with zero attached hydrogens (tertiary/aromatic N) is 2. The Bertz CT molecular complexity index is 1030. The molecule has 1 aliphatic rings. The summed E-state index contributed by atoms with van der Waals surface area (Å²) < 4.78 is 1.92. The van der Waals surface area contributed by atoms with Crippen LogP contribution in [0.25, 0.3) is 11.0 Å². The van der Waals surface area contributed by atoms with E-state index in [2.05, 4.69) is 46.4 Å². The molecule has 6 heteroatoms. The Morgan fingerprint density at radius 3 is 2.52 bits per heavy atom. The molecule has 0 aliphatic carbocycles. The maximum absolute atomic E-state index is 12.4. The lowest BCUT2D eigenvalue weighted by atomic mass is 10.0. The zero-order valence-electron chi connectivity index (χ0n) is 16.9. The van der Waals surface area contributed by atoms with Gasteiger partial charge in [0.25, 0.3) is 0 Å². The number of piperidine rings is 1. The first-order chi connectivity index (χ1) is 14.2. The number of benzene rings is 2. The van der Waals surface area contributed by atoms with E-state index in [1.165, 1.54) is 11.1 Å². The maximum Gasteiger partial charge on any atom is 0.326 e. The molecule has 1 aromatic heterocycles. The summed E-state index contributed by atoms with van der Waals surface area (Å²) in [6.07, 6.45) is 3.87. The molecule has 29 heavy (non-hydrogen) atoms. The highest BCUT2D eigenvalue weighted by molar-refractivity contribution is 7.80. The molecule has 1 fully saturated rings. The van der Waals surface area contributed by atoms with Gasteiger partial charge >= 0.3 is 5.69 Å². The van der Waals surface area contributed by atoms with Crippen LogP contribution in [0.15, 0.2) is 53.3 Å². The molecule has 152 valence electrons. The summed E-state index contributed by atoms with van der Waals surface area (Å²) in [6, 6.07) is 16.9. The highest BCUT2D eigenvalue weighted by atomic mass is 32.1. The molecule has 2 aromatic carbocycles. The van der Waals surface area contributed by atoms with Crippen molar-refractivity contribution in [3.05, 3.63) is 70.1 Å². The van der Waals surface area contributed by atoms with Crippen LogP contribution in [0.1, 0.15) is 36.9 Å². The number of aromatic amines is 1. The number of rotatable bonds is 5. The van der Waals surface area contributed by atoms with E-state index in [4.69, 9.17) is 12.2 Å². The fourth-order valence-corrected chi connectivity index (χ4v) is 4.42. The molecule has 0 radical (unpaired) electrons. The SMILES string of the molecule is CCc1ccc(CCNC(=S)N2CCC(n3c(=O)[nH]c4ccccc43)CC2)cc1. The average molecular weight is 409 g/mol. The normalized spacial score (nSPS) is 15.0. The van der Waals surface area contributed by atoms with Crippen LogP contribution < -0.4 is 11.0 Å². The lowest BCUT2D eigenvalue weighted by Gasteiger charge is -2.34. The van der Waals surface area contributed by atoms with Crippen LogP contribution >= 0.6 is 12.2 Å². The van der Waals surface area contributed by atoms with Gasteiger partial charge in [-0.1, -0.05) is 43.3 Å². The van der Waals surface area contributed by atoms with Crippen LogP contribution in [0.2, 0.25) is 0 Å². The summed E-state index contributed by atoms with van der Waals surface area (Å²) in [7, 11) is 0. The minimum absolute atomic E-state index is 0.0144. The fraction of sp³-hybridized carbons (Fsp3) is 0.391.